The third kappa shape index (κ3) is 8.51. The third-order valence-electron chi connectivity index (χ3n) is 10.5. The number of anilines is 1. The fourth-order valence-corrected chi connectivity index (χ4v) is 8.90. The standard InChI is InChI=1S/C35H45Br2N5O4.CH4/c1-23-29(36)20-24(21-30(23)37)22-32(33(43)40-15-8-26(9-16-40)25-6-13-38-14-7-25)46-35(45)41-17-11-28(12-18-41)42-19-10-27-4-2-3-5-31(27)39-34(42)44;/h2-5,20-21,25-26,28,32,38H,6-19,22H2,1H3,(H,39,44);1H4/t32-;/m1./s1. The van der Waals surface area contributed by atoms with E-state index in [4.69, 9.17) is 4.74 Å². The fourth-order valence-electron chi connectivity index (χ4n) is 7.61. The minimum Gasteiger partial charge on any atom is -0.436 e. The van der Waals surface area contributed by atoms with E-state index in [9.17, 15) is 14.4 Å². The van der Waals surface area contributed by atoms with Crippen LogP contribution in [0, 0.1) is 18.8 Å². The first-order valence-corrected chi connectivity index (χ1v) is 18.4. The van der Waals surface area contributed by atoms with Crippen molar-refractivity contribution in [1.82, 2.24) is 20.0 Å². The van der Waals surface area contributed by atoms with Crippen LogP contribution in [0.25, 0.3) is 0 Å². The van der Waals surface area contributed by atoms with Gasteiger partial charge in [0.25, 0.3) is 5.91 Å². The maximum atomic E-state index is 14.0. The van der Waals surface area contributed by atoms with Crippen molar-refractivity contribution < 1.29 is 19.1 Å². The van der Waals surface area contributed by atoms with Crippen LogP contribution in [0.4, 0.5) is 15.3 Å². The quantitative estimate of drug-likeness (QED) is 0.330. The minimum absolute atomic E-state index is 0. The minimum atomic E-state index is -0.906. The predicted molar refractivity (Wildman–Crippen MR) is 193 cm³/mol. The molecule has 9 nitrogen and oxygen atoms in total. The maximum absolute atomic E-state index is 14.0. The van der Waals surface area contributed by atoms with Crippen molar-refractivity contribution in [3.8, 4) is 0 Å². The highest BCUT2D eigenvalue weighted by Crippen LogP contribution is 2.32. The molecule has 11 heteroatoms. The van der Waals surface area contributed by atoms with Gasteiger partial charge in [-0.3, -0.25) is 4.79 Å². The number of nitrogens with one attached hydrogen (secondary N) is 2. The van der Waals surface area contributed by atoms with E-state index in [2.05, 4.69) is 48.6 Å². The normalized spacial score (nSPS) is 20.5. The first kappa shape index (κ1) is 35.7. The largest absolute Gasteiger partial charge is 0.436 e. The topological polar surface area (TPSA) is 94.2 Å². The molecule has 0 spiro atoms. The van der Waals surface area contributed by atoms with E-state index in [1.807, 2.05) is 47.1 Å². The molecule has 2 aromatic carbocycles. The van der Waals surface area contributed by atoms with Gasteiger partial charge in [-0.1, -0.05) is 57.5 Å². The molecule has 0 aromatic heterocycles. The van der Waals surface area contributed by atoms with E-state index < -0.39 is 12.2 Å². The highest BCUT2D eigenvalue weighted by Gasteiger charge is 2.36. The second kappa shape index (κ2) is 16.2. The van der Waals surface area contributed by atoms with E-state index in [1.54, 1.807) is 4.90 Å². The summed E-state index contributed by atoms with van der Waals surface area (Å²) in [6.07, 6.45) is 5.49. The van der Waals surface area contributed by atoms with Crippen molar-refractivity contribution in [2.24, 2.45) is 11.8 Å². The number of amides is 4. The average molecular weight is 776 g/mol. The van der Waals surface area contributed by atoms with Gasteiger partial charge in [0.15, 0.2) is 6.10 Å². The lowest BCUT2D eigenvalue weighted by atomic mass is 9.79. The molecule has 4 amide bonds. The van der Waals surface area contributed by atoms with Gasteiger partial charge in [-0.2, -0.15) is 0 Å². The van der Waals surface area contributed by atoms with E-state index in [0.717, 1.165) is 69.6 Å². The van der Waals surface area contributed by atoms with Gasteiger partial charge in [0.1, 0.15) is 0 Å². The molecule has 1 atom stereocenters. The average Bonchev–Trinajstić information content (AvgIpc) is 3.25. The molecule has 4 aliphatic heterocycles. The van der Waals surface area contributed by atoms with Gasteiger partial charge in [0.05, 0.1) is 0 Å². The summed E-state index contributed by atoms with van der Waals surface area (Å²) in [5.41, 5.74) is 4.01. The van der Waals surface area contributed by atoms with Gasteiger partial charge in [-0.05, 0) is 112 Å². The highest BCUT2D eigenvalue weighted by molar-refractivity contribution is 9.11. The fraction of sp³-hybridized carbons (Fsp3) is 0.583. The second-order valence-electron chi connectivity index (χ2n) is 13.3. The summed E-state index contributed by atoms with van der Waals surface area (Å²) in [7, 11) is 0. The van der Waals surface area contributed by atoms with Gasteiger partial charge in [-0.15, -0.1) is 0 Å². The number of nitrogens with zero attached hydrogens (tertiary/aromatic N) is 3. The lowest BCUT2D eigenvalue weighted by Crippen LogP contribution is -2.52. The molecule has 2 N–H and O–H groups in total. The second-order valence-corrected chi connectivity index (χ2v) is 15.0. The third-order valence-corrected chi connectivity index (χ3v) is 12.1. The van der Waals surface area contributed by atoms with Gasteiger partial charge in [-0.25, -0.2) is 9.59 Å². The van der Waals surface area contributed by atoms with Crippen molar-refractivity contribution in [1.29, 1.82) is 0 Å². The Morgan fingerprint density at radius 2 is 1.51 bits per heavy atom. The van der Waals surface area contributed by atoms with E-state index >= 15 is 0 Å². The number of hydrogen-bond acceptors (Lipinski definition) is 5. The lowest BCUT2D eigenvalue weighted by Gasteiger charge is -2.39. The van der Waals surface area contributed by atoms with Crippen LogP contribution in [0.15, 0.2) is 45.3 Å². The summed E-state index contributed by atoms with van der Waals surface area (Å²) >= 11 is 7.27. The van der Waals surface area contributed by atoms with Crippen LogP contribution < -0.4 is 10.6 Å². The Morgan fingerprint density at radius 3 is 2.19 bits per heavy atom. The van der Waals surface area contributed by atoms with Gasteiger partial charge in [0, 0.05) is 59.8 Å². The molecule has 3 fully saturated rings. The zero-order valence-electron chi connectivity index (χ0n) is 26.6. The van der Waals surface area contributed by atoms with Gasteiger partial charge >= 0.3 is 12.1 Å². The van der Waals surface area contributed by atoms with Crippen LogP contribution in [-0.2, 0) is 22.4 Å². The number of carbonyl (C=O) groups excluding carboxylic acids is 3. The molecule has 256 valence electrons. The van der Waals surface area contributed by atoms with Crippen LogP contribution >= 0.6 is 31.9 Å². The van der Waals surface area contributed by atoms with Crippen molar-refractivity contribution in [3.63, 3.8) is 0 Å². The number of piperidine rings is 3. The molecule has 6 rings (SSSR count). The molecular weight excluding hydrogens is 726 g/mol. The Morgan fingerprint density at radius 1 is 0.894 bits per heavy atom. The molecule has 0 unspecified atom stereocenters. The van der Waals surface area contributed by atoms with Crippen molar-refractivity contribution in [2.75, 3.05) is 51.1 Å². The smallest absolute Gasteiger partial charge is 0.410 e. The Balaban J connectivity index is 0.00000433. The number of hydrogen-bond donors (Lipinski definition) is 2. The molecule has 0 bridgehead atoms. The summed E-state index contributed by atoms with van der Waals surface area (Å²) in [5.74, 6) is 1.27. The van der Waals surface area contributed by atoms with Crippen LogP contribution in [0.5, 0.6) is 0 Å². The molecule has 47 heavy (non-hydrogen) atoms. The molecule has 0 radical (unpaired) electrons. The van der Waals surface area contributed by atoms with Crippen molar-refractivity contribution >= 4 is 55.6 Å². The van der Waals surface area contributed by atoms with Gasteiger partial charge in [0.2, 0.25) is 0 Å². The van der Waals surface area contributed by atoms with Crippen LogP contribution in [0.1, 0.15) is 62.6 Å². The number of para-hydroxylation sites is 1. The van der Waals surface area contributed by atoms with E-state index in [1.165, 1.54) is 12.8 Å². The van der Waals surface area contributed by atoms with Crippen LogP contribution in [-0.4, -0.2) is 90.7 Å². The monoisotopic (exact) mass is 773 g/mol. The molecule has 2 aromatic rings. The summed E-state index contributed by atoms with van der Waals surface area (Å²) in [6.45, 7) is 7.19. The predicted octanol–water partition coefficient (Wildman–Crippen LogP) is 7.00. The summed E-state index contributed by atoms with van der Waals surface area (Å²) < 4.78 is 7.98. The number of ether oxygens (including phenoxy) is 1. The van der Waals surface area contributed by atoms with E-state index in [0.29, 0.717) is 57.9 Å². The number of fused-ring (bicyclic) bond motifs is 1. The number of halogens is 2. The Labute approximate surface area is 296 Å². The summed E-state index contributed by atoms with van der Waals surface area (Å²) in [5, 5.41) is 6.52. The maximum Gasteiger partial charge on any atom is 0.410 e. The Kier molecular flexibility index (Phi) is 12.3. The zero-order valence-corrected chi connectivity index (χ0v) is 29.8. The van der Waals surface area contributed by atoms with Gasteiger partial charge < -0.3 is 30.1 Å². The summed E-state index contributed by atoms with van der Waals surface area (Å²) in [6, 6.07) is 11.9. The number of likely N-dealkylation sites (tertiary alicyclic amines) is 2. The number of benzene rings is 2. The lowest BCUT2D eigenvalue weighted by molar-refractivity contribution is -0.142. The summed E-state index contributed by atoms with van der Waals surface area (Å²) in [4.78, 5) is 46.2. The molecule has 4 aliphatic rings. The Hall–Kier alpha value is -2.63. The number of rotatable bonds is 6. The molecular formula is C36H49Br2N5O4. The van der Waals surface area contributed by atoms with E-state index in [-0.39, 0.29) is 25.4 Å². The molecule has 0 saturated carbocycles. The number of urea groups is 1. The zero-order chi connectivity index (χ0) is 32.2. The van der Waals surface area contributed by atoms with Crippen molar-refractivity contribution in [3.05, 3.63) is 62.0 Å². The first-order chi connectivity index (χ1) is 22.3. The first-order valence-electron chi connectivity index (χ1n) is 16.8. The number of carbonyl (C=O) groups is 3. The van der Waals surface area contributed by atoms with Crippen LogP contribution in [0.2, 0.25) is 0 Å². The molecule has 4 heterocycles. The highest BCUT2D eigenvalue weighted by atomic mass is 79.9. The SMILES string of the molecule is C.Cc1c(Br)cc(C[C@@H](OC(=O)N2CCC(N3CCc4ccccc4NC3=O)CC2)C(=O)N2CCC(C3CCNCC3)CC2)cc1Br. The van der Waals surface area contributed by atoms with Crippen molar-refractivity contribution in [2.45, 2.75) is 77.9 Å². The van der Waals surface area contributed by atoms with Crippen LogP contribution in [0.3, 0.4) is 0 Å². The molecule has 3 saturated heterocycles. The Bertz CT molecular complexity index is 1390. The molecule has 0 aliphatic carbocycles.